The predicted molar refractivity (Wildman–Crippen MR) is 92.7 cm³/mol. The minimum absolute atomic E-state index is 0.654. The van der Waals surface area contributed by atoms with Crippen molar-refractivity contribution in [3.8, 4) is 0 Å². The van der Waals surface area contributed by atoms with E-state index < -0.39 is 0 Å². The van der Waals surface area contributed by atoms with Crippen LogP contribution in [0.5, 0.6) is 0 Å². The normalized spacial score (nSPS) is 11.1. The van der Waals surface area contributed by atoms with Gasteiger partial charge in [0.2, 0.25) is 5.95 Å². The highest BCUT2D eigenvalue weighted by atomic mass is 79.9. The maximum Gasteiger partial charge on any atom is 0.225 e. The van der Waals surface area contributed by atoms with Crippen LogP contribution in [0, 0.1) is 5.92 Å². The van der Waals surface area contributed by atoms with E-state index in [4.69, 9.17) is 0 Å². The lowest BCUT2D eigenvalue weighted by molar-refractivity contribution is 0.551. The van der Waals surface area contributed by atoms with Gasteiger partial charge in [0.15, 0.2) is 0 Å². The SMILES string of the molecule is CC(C)CNCc1cnc(N(C)Cc2cc(Br)cs2)nc1. The summed E-state index contributed by atoms with van der Waals surface area (Å²) in [6, 6.07) is 2.13. The van der Waals surface area contributed by atoms with Crippen LogP contribution < -0.4 is 10.2 Å². The van der Waals surface area contributed by atoms with Crippen LogP contribution in [0.4, 0.5) is 5.95 Å². The van der Waals surface area contributed by atoms with Crippen LogP contribution in [0.25, 0.3) is 0 Å². The second-order valence-electron chi connectivity index (χ2n) is 5.50. The largest absolute Gasteiger partial charge is 0.339 e. The van der Waals surface area contributed by atoms with Crippen molar-refractivity contribution < 1.29 is 0 Å². The third-order valence-corrected chi connectivity index (χ3v) is 4.61. The van der Waals surface area contributed by atoms with Gasteiger partial charge in [-0.1, -0.05) is 13.8 Å². The fraction of sp³-hybridized carbons (Fsp3) is 0.467. The fourth-order valence-electron chi connectivity index (χ4n) is 1.88. The molecule has 0 saturated carbocycles. The molecule has 0 saturated heterocycles. The highest BCUT2D eigenvalue weighted by molar-refractivity contribution is 9.10. The minimum Gasteiger partial charge on any atom is -0.339 e. The second kappa shape index (κ2) is 7.87. The lowest BCUT2D eigenvalue weighted by Crippen LogP contribution is -2.21. The number of thiophene rings is 1. The number of nitrogens with zero attached hydrogens (tertiary/aromatic N) is 3. The summed E-state index contributed by atoms with van der Waals surface area (Å²) in [5, 5.41) is 5.49. The molecule has 6 heteroatoms. The predicted octanol–water partition coefficient (Wildman–Crippen LogP) is 3.68. The summed E-state index contributed by atoms with van der Waals surface area (Å²) in [7, 11) is 2.01. The molecule has 0 bridgehead atoms. The lowest BCUT2D eigenvalue weighted by atomic mass is 10.2. The summed E-state index contributed by atoms with van der Waals surface area (Å²) in [5.41, 5.74) is 1.12. The van der Waals surface area contributed by atoms with Gasteiger partial charge in [-0.2, -0.15) is 0 Å². The topological polar surface area (TPSA) is 41.1 Å². The summed E-state index contributed by atoms with van der Waals surface area (Å²) in [6.07, 6.45) is 3.80. The monoisotopic (exact) mass is 368 g/mol. The van der Waals surface area contributed by atoms with E-state index in [2.05, 4.69) is 61.4 Å². The summed E-state index contributed by atoms with van der Waals surface area (Å²) in [4.78, 5) is 12.2. The molecule has 0 aliphatic rings. The Hall–Kier alpha value is -0.980. The molecule has 0 spiro atoms. The standard InChI is InChI=1S/C15H21BrN4S/c1-11(2)5-17-6-12-7-18-15(19-8-12)20(3)9-14-4-13(16)10-21-14/h4,7-8,10-11,17H,5-6,9H2,1-3H3. The van der Waals surface area contributed by atoms with Gasteiger partial charge in [0, 0.05) is 46.3 Å². The Bertz CT molecular complexity index is 553. The molecule has 0 aliphatic carbocycles. The molecule has 2 heterocycles. The smallest absolute Gasteiger partial charge is 0.225 e. The molecule has 0 radical (unpaired) electrons. The Labute approximate surface area is 138 Å². The maximum atomic E-state index is 4.45. The van der Waals surface area contributed by atoms with Crippen LogP contribution in [0.15, 0.2) is 28.3 Å². The number of hydrogen-bond acceptors (Lipinski definition) is 5. The molecule has 0 amide bonds. The van der Waals surface area contributed by atoms with E-state index in [-0.39, 0.29) is 0 Å². The average molecular weight is 369 g/mol. The van der Waals surface area contributed by atoms with Crippen LogP contribution in [0.2, 0.25) is 0 Å². The molecule has 4 nitrogen and oxygen atoms in total. The highest BCUT2D eigenvalue weighted by Crippen LogP contribution is 2.21. The number of hydrogen-bond donors (Lipinski definition) is 1. The number of rotatable bonds is 7. The Morgan fingerprint density at radius 2 is 2.05 bits per heavy atom. The summed E-state index contributed by atoms with van der Waals surface area (Å²) in [5.74, 6) is 1.41. The van der Waals surface area contributed by atoms with E-state index in [1.54, 1.807) is 11.3 Å². The van der Waals surface area contributed by atoms with Crippen molar-refractivity contribution in [1.82, 2.24) is 15.3 Å². The molecule has 21 heavy (non-hydrogen) atoms. The molecule has 0 aromatic carbocycles. The molecular formula is C15H21BrN4S. The van der Waals surface area contributed by atoms with Crippen molar-refractivity contribution in [3.05, 3.63) is 38.8 Å². The average Bonchev–Trinajstić information content (AvgIpc) is 2.84. The summed E-state index contributed by atoms with van der Waals surface area (Å²) in [6.45, 7) is 7.05. The zero-order valence-corrected chi connectivity index (χ0v) is 15.0. The van der Waals surface area contributed by atoms with Crippen LogP contribution >= 0.6 is 27.3 Å². The van der Waals surface area contributed by atoms with Crippen LogP contribution in [0.1, 0.15) is 24.3 Å². The van der Waals surface area contributed by atoms with Crippen LogP contribution in [0.3, 0.4) is 0 Å². The molecule has 0 atom stereocenters. The van der Waals surface area contributed by atoms with Crippen LogP contribution in [-0.2, 0) is 13.1 Å². The quantitative estimate of drug-likeness (QED) is 0.808. The van der Waals surface area contributed by atoms with Gasteiger partial charge in [0.05, 0.1) is 6.54 Å². The zero-order valence-electron chi connectivity index (χ0n) is 12.6. The first-order valence-electron chi connectivity index (χ1n) is 7.00. The Morgan fingerprint density at radius 3 is 2.62 bits per heavy atom. The van der Waals surface area contributed by atoms with Gasteiger partial charge < -0.3 is 10.2 Å². The maximum absolute atomic E-state index is 4.45. The van der Waals surface area contributed by atoms with Gasteiger partial charge in [-0.3, -0.25) is 0 Å². The first-order chi connectivity index (χ1) is 10.0. The molecule has 1 N–H and O–H groups in total. The molecule has 114 valence electrons. The number of anilines is 1. The molecule has 0 aliphatic heterocycles. The fourth-order valence-corrected chi connectivity index (χ4v) is 3.39. The molecule has 0 fully saturated rings. The van der Waals surface area contributed by atoms with Gasteiger partial charge in [-0.15, -0.1) is 11.3 Å². The zero-order chi connectivity index (χ0) is 15.2. The van der Waals surface area contributed by atoms with E-state index in [1.165, 1.54) is 4.88 Å². The molecule has 2 rings (SSSR count). The first kappa shape index (κ1) is 16.4. The third kappa shape index (κ3) is 5.37. The van der Waals surface area contributed by atoms with Crippen molar-refractivity contribution in [2.24, 2.45) is 5.92 Å². The summed E-state index contributed by atoms with van der Waals surface area (Å²) >= 11 is 5.21. The van der Waals surface area contributed by atoms with Gasteiger partial charge in [0.1, 0.15) is 0 Å². The van der Waals surface area contributed by atoms with Crippen molar-refractivity contribution in [2.75, 3.05) is 18.5 Å². The van der Waals surface area contributed by atoms with Gasteiger partial charge >= 0.3 is 0 Å². The van der Waals surface area contributed by atoms with E-state index >= 15 is 0 Å². The molecule has 0 unspecified atom stereocenters. The summed E-state index contributed by atoms with van der Waals surface area (Å²) < 4.78 is 1.13. The van der Waals surface area contributed by atoms with Crippen molar-refractivity contribution in [3.63, 3.8) is 0 Å². The van der Waals surface area contributed by atoms with E-state index in [0.29, 0.717) is 5.92 Å². The Morgan fingerprint density at radius 1 is 1.33 bits per heavy atom. The highest BCUT2D eigenvalue weighted by Gasteiger charge is 2.07. The van der Waals surface area contributed by atoms with Gasteiger partial charge in [0.25, 0.3) is 0 Å². The minimum atomic E-state index is 0.654. The number of halogens is 1. The lowest BCUT2D eigenvalue weighted by Gasteiger charge is -2.16. The Kier molecular flexibility index (Phi) is 6.14. The third-order valence-electron chi connectivity index (χ3n) is 2.93. The van der Waals surface area contributed by atoms with Gasteiger partial charge in [-0.05, 0) is 34.5 Å². The van der Waals surface area contributed by atoms with Crippen molar-refractivity contribution >= 4 is 33.2 Å². The van der Waals surface area contributed by atoms with E-state index in [0.717, 1.165) is 35.6 Å². The molecule has 2 aromatic rings. The second-order valence-corrected chi connectivity index (χ2v) is 7.41. The molecular weight excluding hydrogens is 348 g/mol. The van der Waals surface area contributed by atoms with Crippen molar-refractivity contribution in [1.29, 1.82) is 0 Å². The van der Waals surface area contributed by atoms with E-state index in [9.17, 15) is 0 Å². The van der Waals surface area contributed by atoms with Crippen LogP contribution in [-0.4, -0.2) is 23.6 Å². The Balaban J connectivity index is 1.88. The van der Waals surface area contributed by atoms with E-state index in [1.807, 2.05) is 19.4 Å². The molecule has 2 aromatic heterocycles. The van der Waals surface area contributed by atoms with Crippen molar-refractivity contribution in [2.45, 2.75) is 26.9 Å². The number of aromatic nitrogens is 2. The van der Waals surface area contributed by atoms with Gasteiger partial charge in [-0.25, -0.2) is 9.97 Å². The first-order valence-corrected chi connectivity index (χ1v) is 8.67. The number of nitrogens with one attached hydrogen (secondary N) is 1.